The van der Waals surface area contributed by atoms with E-state index in [0.717, 1.165) is 0 Å². The van der Waals surface area contributed by atoms with E-state index in [0.29, 0.717) is 22.3 Å². The summed E-state index contributed by atoms with van der Waals surface area (Å²) in [6.07, 6.45) is 1.60. The van der Waals surface area contributed by atoms with Gasteiger partial charge in [0.25, 0.3) is 5.91 Å². The van der Waals surface area contributed by atoms with Crippen molar-refractivity contribution in [1.29, 1.82) is 0 Å². The third-order valence-corrected chi connectivity index (χ3v) is 3.65. The van der Waals surface area contributed by atoms with E-state index < -0.39 is 17.9 Å². The second kappa shape index (κ2) is 6.36. The van der Waals surface area contributed by atoms with E-state index in [1.54, 1.807) is 37.7 Å². The van der Waals surface area contributed by atoms with Crippen LogP contribution in [0.1, 0.15) is 49.8 Å². The molecule has 0 saturated heterocycles. The van der Waals surface area contributed by atoms with Crippen molar-refractivity contribution in [2.24, 2.45) is 5.92 Å². The van der Waals surface area contributed by atoms with Crippen molar-refractivity contribution >= 4 is 22.9 Å². The molecule has 0 spiro atoms. The van der Waals surface area contributed by atoms with E-state index >= 15 is 0 Å². The molecule has 2 N–H and O–H groups in total. The maximum Gasteiger partial charge on any atom is 0.326 e. The van der Waals surface area contributed by atoms with Crippen molar-refractivity contribution < 1.29 is 14.7 Å². The second-order valence-corrected chi connectivity index (χ2v) is 6.26. The van der Waals surface area contributed by atoms with Crippen molar-refractivity contribution in [3.63, 3.8) is 0 Å². The molecule has 7 heteroatoms. The molecule has 0 saturated carbocycles. The molecular formula is C16H22N4O3. The predicted molar refractivity (Wildman–Crippen MR) is 86.4 cm³/mol. The van der Waals surface area contributed by atoms with Gasteiger partial charge in [-0.05, 0) is 32.8 Å². The van der Waals surface area contributed by atoms with Crippen LogP contribution in [0.25, 0.3) is 11.0 Å². The lowest BCUT2D eigenvalue weighted by molar-refractivity contribution is -0.140. The van der Waals surface area contributed by atoms with Crippen molar-refractivity contribution in [3.05, 3.63) is 23.5 Å². The quantitative estimate of drug-likeness (QED) is 0.880. The molecule has 0 aliphatic carbocycles. The number of aromatic nitrogens is 3. The van der Waals surface area contributed by atoms with Gasteiger partial charge in [-0.15, -0.1) is 0 Å². The van der Waals surface area contributed by atoms with Crippen LogP contribution in [0.15, 0.2) is 12.3 Å². The molecule has 0 aliphatic rings. The Morgan fingerprint density at radius 1 is 1.26 bits per heavy atom. The van der Waals surface area contributed by atoms with Gasteiger partial charge in [0.05, 0.1) is 17.1 Å². The van der Waals surface area contributed by atoms with E-state index in [9.17, 15) is 14.7 Å². The first kappa shape index (κ1) is 16.9. The molecule has 0 aromatic carbocycles. The summed E-state index contributed by atoms with van der Waals surface area (Å²) in [6, 6.07) is 0.829. The molecule has 0 aliphatic heterocycles. The minimum atomic E-state index is -1.05. The van der Waals surface area contributed by atoms with Crippen LogP contribution in [0.5, 0.6) is 0 Å². The molecule has 23 heavy (non-hydrogen) atoms. The molecule has 2 aromatic heterocycles. The summed E-state index contributed by atoms with van der Waals surface area (Å²) < 4.78 is 1.75. The Balaban J connectivity index is 2.47. The fraction of sp³-hybridized carbons (Fsp3) is 0.500. The fourth-order valence-corrected chi connectivity index (χ4v) is 2.44. The smallest absolute Gasteiger partial charge is 0.326 e. The third-order valence-electron chi connectivity index (χ3n) is 3.65. The maximum absolute atomic E-state index is 12.6. The summed E-state index contributed by atoms with van der Waals surface area (Å²) in [5, 5.41) is 16.7. The number of hydrogen-bond acceptors (Lipinski definition) is 4. The number of nitrogens with one attached hydrogen (secondary N) is 1. The summed E-state index contributed by atoms with van der Waals surface area (Å²) in [7, 11) is 0. The largest absolute Gasteiger partial charge is 0.480 e. The number of amides is 1. The van der Waals surface area contributed by atoms with Crippen LogP contribution in [0.3, 0.4) is 0 Å². The molecule has 7 nitrogen and oxygen atoms in total. The Kier molecular flexibility index (Phi) is 4.68. The van der Waals surface area contributed by atoms with Crippen LogP contribution < -0.4 is 5.32 Å². The average Bonchev–Trinajstić information content (AvgIpc) is 2.86. The Morgan fingerprint density at radius 2 is 1.91 bits per heavy atom. The molecule has 0 radical (unpaired) electrons. The molecule has 1 unspecified atom stereocenters. The van der Waals surface area contributed by atoms with Crippen molar-refractivity contribution in [1.82, 2.24) is 20.1 Å². The monoisotopic (exact) mass is 318 g/mol. The van der Waals surface area contributed by atoms with Gasteiger partial charge in [-0.2, -0.15) is 5.10 Å². The molecule has 2 heterocycles. The first-order chi connectivity index (χ1) is 10.7. The van der Waals surface area contributed by atoms with Crippen molar-refractivity contribution in [3.8, 4) is 0 Å². The van der Waals surface area contributed by atoms with Gasteiger partial charge in [-0.1, -0.05) is 13.8 Å². The number of nitrogens with zero attached hydrogens (tertiary/aromatic N) is 3. The highest BCUT2D eigenvalue weighted by molar-refractivity contribution is 6.06. The summed E-state index contributed by atoms with van der Waals surface area (Å²) >= 11 is 0. The maximum atomic E-state index is 12.6. The highest BCUT2D eigenvalue weighted by atomic mass is 16.4. The normalized spacial score (nSPS) is 12.8. The van der Waals surface area contributed by atoms with Crippen LogP contribution in [-0.4, -0.2) is 37.8 Å². The van der Waals surface area contributed by atoms with Gasteiger partial charge in [-0.25, -0.2) is 14.5 Å². The second-order valence-electron chi connectivity index (χ2n) is 6.26. The van der Waals surface area contributed by atoms with E-state index in [1.165, 1.54) is 0 Å². The summed E-state index contributed by atoms with van der Waals surface area (Å²) in [6.45, 7) is 9.27. The zero-order chi connectivity index (χ0) is 17.3. The van der Waals surface area contributed by atoms with Crippen molar-refractivity contribution in [2.75, 3.05) is 0 Å². The van der Waals surface area contributed by atoms with E-state index in [2.05, 4.69) is 15.4 Å². The van der Waals surface area contributed by atoms with E-state index in [-0.39, 0.29) is 12.0 Å². The Morgan fingerprint density at radius 3 is 2.43 bits per heavy atom. The van der Waals surface area contributed by atoms with Gasteiger partial charge in [-0.3, -0.25) is 4.79 Å². The third kappa shape index (κ3) is 3.33. The van der Waals surface area contributed by atoms with Crippen LogP contribution >= 0.6 is 0 Å². The van der Waals surface area contributed by atoms with Crippen LogP contribution in [-0.2, 0) is 4.79 Å². The number of carboxylic acids is 1. The number of rotatable bonds is 5. The molecule has 2 aromatic rings. The number of fused-ring (bicyclic) bond motifs is 1. The number of carbonyl (C=O) groups is 2. The minimum absolute atomic E-state index is 0.111. The molecule has 1 amide bonds. The summed E-state index contributed by atoms with van der Waals surface area (Å²) in [5.41, 5.74) is 1.70. The highest BCUT2D eigenvalue weighted by Gasteiger charge is 2.25. The standard InChI is InChI=1S/C16H22N4O3/c1-8(2)13(16(22)23)19-15(21)11-6-10(5)18-14-12(11)7-17-20(14)9(3)4/h6-9,13H,1-5H3,(H,19,21)(H,22,23). The zero-order valence-corrected chi connectivity index (χ0v) is 14.0. The number of aliphatic carboxylic acids is 1. The van der Waals surface area contributed by atoms with Gasteiger partial charge in [0.2, 0.25) is 0 Å². The Bertz CT molecular complexity index is 749. The first-order valence-corrected chi connectivity index (χ1v) is 7.61. The van der Waals surface area contributed by atoms with Gasteiger partial charge < -0.3 is 10.4 Å². The predicted octanol–water partition coefficient (Wildman–Crippen LogP) is 2.16. The topological polar surface area (TPSA) is 97.1 Å². The molecule has 0 fully saturated rings. The van der Waals surface area contributed by atoms with E-state index in [4.69, 9.17) is 0 Å². The number of carbonyl (C=O) groups excluding carboxylic acids is 1. The lowest BCUT2D eigenvalue weighted by Crippen LogP contribution is -2.44. The van der Waals surface area contributed by atoms with Gasteiger partial charge >= 0.3 is 5.97 Å². The molecule has 1 atom stereocenters. The van der Waals surface area contributed by atoms with Crippen LogP contribution in [0.2, 0.25) is 0 Å². The minimum Gasteiger partial charge on any atom is -0.480 e. The van der Waals surface area contributed by atoms with E-state index in [1.807, 2.05) is 13.8 Å². The lowest BCUT2D eigenvalue weighted by atomic mass is 10.0. The molecule has 0 bridgehead atoms. The zero-order valence-electron chi connectivity index (χ0n) is 14.0. The molecule has 124 valence electrons. The number of aryl methyl sites for hydroxylation is 1. The van der Waals surface area contributed by atoms with Crippen LogP contribution in [0.4, 0.5) is 0 Å². The lowest BCUT2D eigenvalue weighted by Gasteiger charge is -2.18. The van der Waals surface area contributed by atoms with Gasteiger partial charge in [0.1, 0.15) is 6.04 Å². The Hall–Kier alpha value is -2.44. The number of pyridine rings is 1. The van der Waals surface area contributed by atoms with Crippen LogP contribution in [0, 0.1) is 12.8 Å². The number of hydrogen-bond donors (Lipinski definition) is 2. The average molecular weight is 318 g/mol. The Labute approximate surface area is 134 Å². The SMILES string of the molecule is Cc1cc(C(=O)NC(C(=O)O)C(C)C)c2cnn(C(C)C)c2n1. The van der Waals surface area contributed by atoms with Gasteiger partial charge in [0.15, 0.2) is 5.65 Å². The number of carboxylic acid groups (broad SMARTS) is 1. The first-order valence-electron chi connectivity index (χ1n) is 7.61. The molecular weight excluding hydrogens is 296 g/mol. The van der Waals surface area contributed by atoms with Gasteiger partial charge in [0, 0.05) is 11.7 Å². The fourth-order valence-electron chi connectivity index (χ4n) is 2.44. The molecule has 2 rings (SSSR count). The summed E-state index contributed by atoms with van der Waals surface area (Å²) in [5.74, 6) is -1.69. The highest BCUT2D eigenvalue weighted by Crippen LogP contribution is 2.21. The van der Waals surface area contributed by atoms with Crippen molar-refractivity contribution in [2.45, 2.75) is 46.7 Å². The summed E-state index contributed by atoms with van der Waals surface area (Å²) in [4.78, 5) is 28.3.